The molecule has 2 N–H and O–H groups in total. The van der Waals surface area contributed by atoms with Crippen LogP contribution in [0.4, 0.5) is 4.39 Å². The third-order valence-electron chi connectivity index (χ3n) is 4.55. The average molecular weight is 328 g/mol. The summed E-state index contributed by atoms with van der Waals surface area (Å²) in [5.74, 6) is -1.52. The van der Waals surface area contributed by atoms with E-state index in [0.717, 1.165) is 6.07 Å². The Balaban J connectivity index is 1.52. The van der Waals surface area contributed by atoms with Crippen molar-refractivity contribution in [2.24, 2.45) is 5.41 Å². The molecule has 0 saturated heterocycles. The number of hydrogen-bond donors (Lipinski definition) is 2. The van der Waals surface area contributed by atoms with Gasteiger partial charge in [0.15, 0.2) is 6.61 Å². The number of nitrogens with one attached hydrogen (secondary N) is 1. The van der Waals surface area contributed by atoms with Crippen LogP contribution >= 0.6 is 11.6 Å². The molecule has 1 aromatic rings. The van der Waals surface area contributed by atoms with Crippen molar-refractivity contribution < 1.29 is 23.8 Å². The lowest BCUT2D eigenvalue weighted by Gasteiger charge is -2.45. The molecule has 3 saturated carbocycles. The maximum Gasteiger partial charge on any atom is 0.309 e. The van der Waals surface area contributed by atoms with Gasteiger partial charge in [-0.25, -0.2) is 4.39 Å². The highest BCUT2D eigenvalue weighted by Gasteiger charge is 2.65. The van der Waals surface area contributed by atoms with E-state index >= 15 is 0 Å². The molecule has 22 heavy (non-hydrogen) atoms. The predicted molar refractivity (Wildman–Crippen MR) is 76.3 cm³/mol. The molecule has 7 heteroatoms. The van der Waals surface area contributed by atoms with Crippen molar-refractivity contribution in [3.8, 4) is 5.75 Å². The summed E-state index contributed by atoms with van der Waals surface area (Å²) in [4.78, 5) is 23.1. The van der Waals surface area contributed by atoms with E-state index in [1.54, 1.807) is 0 Å². The van der Waals surface area contributed by atoms with Gasteiger partial charge in [0.2, 0.25) is 0 Å². The molecule has 3 aliphatic rings. The van der Waals surface area contributed by atoms with Crippen LogP contribution in [0.15, 0.2) is 18.2 Å². The summed E-state index contributed by atoms with van der Waals surface area (Å²) in [5, 5.41) is 12.0. The van der Waals surface area contributed by atoms with Gasteiger partial charge in [-0.05, 0) is 37.8 Å². The van der Waals surface area contributed by atoms with Crippen molar-refractivity contribution in [1.29, 1.82) is 0 Å². The van der Waals surface area contributed by atoms with Crippen molar-refractivity contribution in [1.82, 2.24) is 5.32 Å². The lowest BCUT2D eigenvalue weighted by Crippen LogP contribution is -2.58. The van der Waals surface area contributed by atoms with Gasteiger partial charge < -0.3 is 15.2 Å². The number of aliphatic carboxylic acids is 1. The summed E-state index contributed by atoms with van der Waals surface area (Å²) >= 11 is 5.56. The minimum atomic E-state index is -0.789. The number of ether oxygens (including phenoxy) is 1. The molecule has 5 nitrogen and oxygen atoms in total. The van der Waals surface area contributed by atoms with Gasteiger partial charge in [-0.1, -0.05) is 11.6 Å². The number of rotatable bonds is 5. The quantitative estimate of drug-likeness (QED) is 0.870. The minimum absolute atomic E-state index is 0.0128. The van der Waals surface area contributed by atoms with Crippen molar-refractivity contribution in [2.75, 3.05) is 6.61 Å². The molecule has 0 heterocycles. The third kappa shape index (κ3) is 2.52. The Morgan fingerprint density at radius 2 is 2.09 bits per heavy atom. The fourth-order valence-corrected chi connectivity index (χ4v) is 3.65. The molecular weight excluding hydrogens is 313 g/mol. The van der Waals surface area contributed by atoms with E-state index < -0.39 is 22.7 Å². The minimum Gasteiger partial charge on any atom is -0.484 e. The summed E-state index contributed by atoms with van der Waals surface area (Å²) in [6, 6.07) is 3.94. The molecule has 1 aromatic carbocycles. The lowest BCUT2D eigenvalue weighted by molar-refractivity contribution is -0.155. The van der Waals surface area contributed by atoms with E-state index in [4.69, 9.17) is 16.3 Å². The Labute approximate surface area is 131 Å². The van der Waals surface area contributed by atoms with Crippen LogP contribution in [0, 0.1) is 11.2 Å². The van der Waals surface area contributed by atoms with Crippen molar-refractivity contribution in [3.63, 3.8) is 0 Å². The first-order valence-corrected chi connectivity index (χ1v) is 7.34. The van der Waals surface area contributed by atoms with Gasteiger partial charge in [0.25, 0.3) is 5.91 Å². The van der Waals surface area contributed by atoms with Crippen LogP contribution in [0.5, 0.6) is 5.75 Å². The standard InChI is InChI=1S/C15H15ClFNO4/c16-10-2-1-9(5-11(10)17)22-6-12(19)18-15-4-3-14(7-15,8-15)13(20)21/h1-2,5H,3-4,6-8H2,(H,18,19)(H,20,21). The topological polar surface area (TPSA) is 75.6 Å². The van der Waals surface area contributed by atoms with E-state index in [1.165, 1.54) is 12.1 Å². The first kappa shape index (κ1) is 15.1. The van der Waals surface area contributed by atoms with Crippen LogP contribution in [0.1, 0.15) is 25.7 Å². The molecule has 0 aromatic heterocycles. The van der Waals surface area contributed by atoms with Crippen LogP contribution in [-0.2, 0) is 9.59 Å². The molecule has 0 aliphatic heterocycles. The molecule has 2 bridgehead atoms. The Morgan fingerprint density at radius 3 is 2.68 bits per heavy atom. The fourth-order valence-electron chi connectivity index (χ4n) is 3.53. The first-order chi connectivity index (χ1) is 10.3. The molecule has 0 atom stereocenters. The van der Waals surface area contributed by atoms with Crippen LogP contribution < -0.4 is 10.1 Å². The molecule has 0 spiro atoms. The van der Waals surface area contributed by atoms with Crippen LogP contribution in [0.2, 0.25) is 5.02 Å². The second-order valence-electron chi connectivity index (χ2n) is 6.13. The molecule has 4 rings (SSSR count). The van der Waals surface area contributed by atoms with E-state index in [2.05, 4.69) is 5.32 Å². The number of fused-ring (bicyclic) bond motifs is 1. The Bertz CT molecular complexity index is 642. The van der Waals surface area contributed by atoms with E-state index in [9.17, 15) is 19.1 Å². The molecule has 0 unspecified atom stereocenters. The highest BCUT2D eigenvalue weighted by atomic mass is 35.5. The maximum atomic E-state index is 13.2. The van der Waals surface area contributed by atoms with Gasteiger partial charge in [0.1, 0.15) is 11.6 Å². The second-order valence-corrected chi connectivity index (χ2v) is 6.54. The molecule has 3 aliphatic carbocycles. The SMILES string of the molecule is O=C(COc1ccc(Cl)c(F)c1)NC12CCC(C(=O)O)(C1)C2. The Hall–Kier alpha value is -1.82. The molecule has 3 fully saturated rings. The smallest absolute Gasteiger partial charge is 0.309 e. The molecular formula is C15H15ClFNO4. The van der Waals surface area contributed by atoms with Crippen LogP contribution in [-0.4, -0.2) is 29.1 Å². The van der Waals surface area contributed by atoms with Crippen LogP contribution in [0.3, 0.4) is 0 Å². The molecule has 1 amide bonds. The maximum absolute atomic E-state index is 13.2. The molecule has 0 radical (unpaired) electrons. The first-order valence-electron chi connectivity index (χ1n) is 6.97. The zero-order valence-electron chi connectivity index (χ0n) is 11.7. The van der Waals surface area contributed by atoms with Gasteiger partial charge in [0, 0.05) is 11.6 Å². The van der Waals surface area contributed by atoms with E-state index in [0.29, 0.717) is 25.7 Å². The second kappa shape index (κ2) is 5.12. The normalized spacial score (nSPS) is 28.8. The van der Waals surface area contributed by atoms with Crippen LogP contribution in [0.25, 0.3) is 0 Å². The van der Waals surface area contributed by atoms with Gasteiger partial charge in [-0.3, -0.25) is 9.59 Å². The number of halogens is 2. The Morgan fingerprint density at radius 1 is 1.36 bits per heavy atom. The highest BCUT2D eigenvalue weighted by molar-refractivity contribution is 6.30. The van der Waals surface area contributed by atoms with E-state index in [1.807, 2.05) is 0 Å². The zero-order valence-corrected chi connectivity index (χ0v) is 12.5. The van der Waals surface area contributed by atoms with Crippen molar-refractivity contribution >= 4 is 23.5 Å². The monoisotopic (exact) mass is 327 g/mol. The number of carboxylic acids is 1. The van der Waals surface area contributed by atoms with E-state index in [-0.39, 0.29) is 23.3 Å². The number of amides is 1. The zero-order chi connectivity index (χ0) is 16.0. The number of carbonyl (C=O) groups is 2. The summed E-state index contributed by atoms with van der Waals surface area (Å²) < 4.78 is 18.5. The largest absolute Gasteiger partial charge is 0.484 e. The predicted octanol–water partition coefficient (Wildman–Crippen LogP) is 2.37. The Kier molecular flexibility index (Phi) is 3.51. The number of hydrogen-bond acceptors (Lipinski definition) is 3. The number of carbonyl (C=O) groups excluding carboxylic acids is 1. The number of benzene rings is 1. The van der Waals surface area contributed by atoms with Gasteiger partial charge in [-0.2, -0.15) is 0 Å². The fraction of sp³-hybridized carbons (Fsp3) is 0.467. The van der Waals surface area contributed by atoms with Gasteiger partial charge >= 0.3 is 5.97 Å². The van der Waals surface area contributed by atoms with Gasteiger partial charge in [-0.15, -0.1) is 0 Å². The van der Waals surface area contributed by atoms with Crippen molar-refractivity contribution in [3.05, 3.63) is 29.0 Å². The molecule has 118 valence electrons. The summed E-state index contributed by atoms with van der Waals surface area (Å²) in [6.07, 6.45) is 2.19. The van der Waals surface area contributed by atoms with Crippen molar-refractivity contribution in [2.45, 2.75) is 31.2 Å². The number of carboxylic acid groups (broad SMARTS) is 1. The third-order valence-corrected chi connectivity index (χ3v) is 4.86. The highest BCUT2D eigenvalue weighted by Crippen LogP contribution is 2.61. The average Bonchev–Trinajstić information content (AvgIpc) is 2.96. The summed E-state index contributed by atoms with van der Waals surface area (Å²) in [6.45, 7) is -0.247. The summed E-state index contributed by atoms with van der Waals surface area (Å²) in [5.41, 5.74) is -1.07. The van der Waals surface area contributed by atoms with Gasteiger partial charge in [0.05, 0.1) is 10.4 Å². The lowest BCUT2D eigenvalue weighted by atomic mass is 9.65. The summed E-state index contributed by atoms with van der Waals surface area (Å²) in [7, 11) is 0.